The largest absolute Gasteiger partial charge is 0.331 e. The van der Waals surface area contributed by atoms with Gasteiger partial charge >= 0.3 is 6.03 Å². The first-order valence-electron chi connectivity index (χ1n) is 7.87. The minimum absolute atomic E-state index is 0.127. The van der Waals surface area contributed by atoms with E-state index in [1.165, 1.54) is 26.2 Å². The number of carbonyl (C=O) groups is 1. The Hall–Kier alpha value is -2.38. The van der Waals surface area contributed by atoms with Crippen molar-refractivity contribution in [3.8, 4) is 0 Å². The Kier molecular flexibility index (Phi) is 5.81. The fourth-order valence-corrected chi connectivity index (χ4v) is 3.20. The van der Waals surface area contributed by atoms with Crippen LogP contribution in [0.5, 0.6) is 0 Å². The van der Waals surface area contributed by atoms with E-state index in [0.717, 1.165) is 15.4 Å². The van der Waals surface area contributed by atoms with Crippen LogP contribution in [0.1, 0.15) is 24.1 Å². The standard InChI is InChI=1S/C18H23N3O3S/c1-13-8-10-15(11-9-13)14(2)19-18(22)20-16-6-5-7-17(12-16)25(23,24)21(3)4/h5-12,14H,1-4H3,(H2,19,20,22). The number of benzene rings is 2. The zero-order valence-electron chi connectivity index (χ0n) is 14.8. The minimum atomic E-state index is -3.54. The van der Waals surface area contributed by atoms with Crippen LogP contribution in [0.4, 0.5) is 10.5 Å². The molecule has 2 N–H and O–H groups in total. The molecule has 0 aromatic heterocycles. The summed E-state index contributed by atoms with van der Waals surface area (Å²) in [4.78, 5) is 12.3. The number of nitrogens with zero attached hydrogens (tertiary/aromatic N) is 1. The van der Waals surface area contributed by atoms with Crippen LogP contribution in [0.3, 0.4) is 0 Å². The van der Waals surface area contributed by atoms with Crippen LogP contribution in [-0.4, -0.2) is 32.8 Å². The van der Waals surface area contributed by atoms with Crippen molar-refractivity contribution in [3.63, 3.8) is 0 Å². The van der Waals surface area contributed by atoms with E-state index in [9.17, 15) is 13.2 Å². The highest BCUT2D eigenvalue weighted by Crippen LogP contribution is 2.18. The molecule has 0 aliphatic rings. The maximum absolute atomic E-state index is 12.2. The van der Waals surface area contributed by atoms with Crippen molar-refractivity contribution in [1.29, 1.82) is 0 Å². The number of hydrogen-bond donors (Lipinski definition) is 2. The molecule has 0 fully saturated rings. The second kappa shape index (κ2) is 7.67. The van der Waals surface area contributed by atoms with Crippen LogP contribution in [0.15, 0.2) is 53.4 Å². The third kappa shape index (κ3) is 4.80. The van der Waals surface area contributed by atoms with Gasteiger partial charge in [-0.3, -0.25) is 0 Å². The van der Waals surface area contributed by atoms with E-state index in [1.807, 2.05) is 38.1 Å². The molecule has 0 radical (unpaired) electrons. The highest BCUT2D eigenvalue weighted by molar-refractivity contribution is 7.89. The molecule has 0 saturated heterocycles. The molecule has 0 heterocycles. The molecule has 1 unspecified atom stereocenters. The zero-order chi connectivity index (χ0) is 18.6. The fourth-order valence-electron chi connectivity index (χ4n) is 2.25. The van der Waals surface area contributed by atoms with Crippen LogP contribution in [0.25, 0.3) is 0 Å². The third-order valence-corrected chi connectivity index (χ3v) is 5.61. The van der Waals surface area contributed by atoms with E-state index in [4.69, 9.17) is 0 Å². The summed E-state index contributed by atoms with van der Waals surface area (Å²) in [6.07, 6.45) is 0. The average molecular weight is 361 g/mol. The number of urea groups is 1. The molecule has 0 aliphatic carbocycles. The van der Waals surface area contributed by atoms with Crippen LogP contribution >= 0.6 is 0 Å². The summed E-state index contributed by atoms with van der Waals surface area (Å²) in [5, 5.41) is 5.51. The Morgan fingerprint density at radius 2 is 1.72 bits per heavy atom. The quantitative estimate of drug-likeness (QED) is 0.859. The molecule has 6 nitrogen and oxygen atoms in total. The van der Waals surface area contributed by atoms with Gasteiger partial charge in [-0.1, -0.05) is 35.9 Å². The Bertz CT molecular complexity index is 846. The van der Waals surface area contributed by atoms with Crippen LogP contribution in [-0.2, 0) is 10.0 Å². The number of amides is 2. The molecule has 134 valence electrons. The second-order valence-electron chi connectivity index (χ2n) is 6.05. The second-order valence-corrected chi connectivity index (χ2v) is 8.20. The number of sulfonamides is 1. The molecule has 2 rings (SSSR count). The van der Waals surface area contributed by atoms with E-state index in [0.29, 0.717) is 5.69 Å². The van der Waals surface area contributed by atoms with E-state index >= 15 is 0 Å². The van der Waals surface area contributed by atoms with Gasteiger partial charge in [-0.2, -0.15) is 0 Å². The van der Waals surface area contributed by atoms with Crippen LogP contribution < -0.4 is 10.6 Å². The van der Waals surface area contributed by atoms with Gasteiger partial charge in [0.1, 0.15) is 0 Å². The summed E-state index contributed by atoms with van der Waals surface area (Å²) in [7, 11) is -0.616. The first-order valence-corrected chi connectivity index (χ1v) is 9.31. The molecular weight excluding hydrogens is 338 g/mol. The molecule has 0 aliphatic heterocycles. The van der Waals surface area contributed by atoms with Gasteiger partial charge in [0.05, 0.1) is 10.9 Å². The molecule has 2 aromatic rings. The van der Waals surface area contributed by atoms with Gasteiger partial charge in [-0.15, -0.1) is 0 Å². The van der Waals surface area contributed by atoms with Crippen molar-refractivity contribution < 1.29 is 13.2 Å². The molecule has 25 heavy (non-hydrogen) atoms. The van der Waals surface area contributed by atoms with Gasteiger partial charge in [0.25, 0.3) is 0 Å². The Morgan fingerprint density at radius 3 is 2.32 bits per heavy atom. The normalized spacial score (nSPS) is 12.7. The first-order chi connectivity index (χ1) is 11.7. The Balaban J connectivity index is 2.07. The van der Waals surface area contributed by atoms with Crippen molar-refractivity contribution in [2.24, 2.45) is 0 Å². The molecular formula is C18H23N3O3S. The summed E-state index contributed by atoms with van der Waals surface area (Å²) in [5.74, 6) is 0. The van der Waals surface area contributed by atoms with Crippen molar-refractivity contribution in [2.75, 3.05) is 19.4 Å². The molecule has 2 aromatic carbocycles. The molecule has 0 saturated carbocycles. The zero-order valence-corrected chi connectivity index (χ0v) is 15.6. The maximum Gasteiger partial charge on any atom is 0.319 e. The maximum atomic E-state index is 12.2. The SMILES string of the molecule is Cc1ccc(C(C)NC(=O)Nc2cccc(S(=O)(=O)N(C)C)c2)cc1. The highest BCUT2D eigenvalue weighted by Gasteiger charge is 2.18. The van der Waals surface area contributed by atoms with E-state index in [-0.39, 0.29) is 10.9 Å². The number of carbonyl (C=O) groups excluding carboxylic acids is 1. The lowest BCUT2D eigenvalue weighted by atomic mass is 10.1. The van der Waals surface area contributed by atoms with Crippen molar-refractivity contribution in [2.45, 2.75) is 24.8 Å². The van der Waals surface area contributed by atoms with Gasteiger partial charge in [0.2, 0.25) is 10.0 Å². The lowest BCUT2D eigenvalue weighted by molar-refractivity contribution is 0.249. The lowest BCUT2D eigenvalue weighted by Crippen LogP contribution is -2.31. The van der Waals surface area contributed by atoms with Gasteiger partial charge < -0.3 is 10.6 Å². The number of anilines is 1. The predicted octanol–water partition coefficient (Wildman–Crippen LogP) is 3.13. The van der Waals surface area contributed by atoms with Crippen molar-refractivity contribution >= 4 is 21.7 Å². The van der Waals surface area contributed by atoms with E-state index in [1.54, 1.807) is 12.1 Å². The summed E-state index contributed by atoms with van der Waals surface area (Å²) in [6.45, 7) is 3.89. The Labute approximate surface area is 148 Å². The minimum Gasteiger partial charge on any atom is -0.331 e. The number of hydrogen-bond acceptors (Lipinski definition) is 3. The Morgan fingerprint density at radius 1 is 1.08 bits per heavy atom. The first kappa shape index (κ1) is 19.0. The number of rotatable bonds is 5. The predicted molar refractivity (Wildman–Crippen MR) is 99.1 cm³/mol. The van der Waals surface area contributed by atoms with Crippen LogP contribution in [0.2, 0.25) is 0 Å². The topological polar surface area (TPSA) is 78.5 Å². The van der Waals surface area contributed by atoms with Gasteiger partial charge in [0, 0.05) is 19.8 Å². The average Bonchev–Trinajstić information content (AvgIpc) is 2.55. The fraction of sp³-hybridized carbons (Fsp3) is 0.278. The van der Waals surface area contributed by atoms with Gasteiger partial charge in [0.15, 0.2) is 0 Å². The summed E-state index contributed by atoms with van der Waals surface area (Å²) in [6, 6.07) is 13.5. The lowest BCUT2D eigenvalue weighted by Gasteiger charge is -2.16. The molecule has 0 bridgehead atoms. The number of nitrogens with one attached hydrogen (secondary N) is 2. The van der Waals surface area contributed by atoms with Crippen LogP contribution in [0, 0.1) is 6.92 Å². The summed E-state index contributed by atoms with van der Waals surface area (Å²) >= 11 is 0. The molecule has 1 atom stereocenters. The van der Waals surface area contributed by atoms with Gasteiger partial charge in [-0.05, 0) is 37.6 Å². The number of aryl methyl sites for hydroxylation is 1. The highest BCUT2D eigenvalue weighted by atomic mass is 32.2. The van der Waals surface area contributed by atoms with Gasteiger partial charge in [-0.25, -0.2) is 17.5 Å². The monoisotopic (exact) mass is 361 g/mol. The van der Waals surface area contributed by atoms with E-state index < -0.39 is 16.1 Å². The molecule has 2 amide bonds. The third-order valence-electron chi connectivity index (χ3n) is 3.80. The van der Waals surface area contributed by atoms with Crippen molar-refractivity contribution in [3.05, 3.63) is 59.7 Å². The molecule has 7 heteroatoms. The summed E-state index contributed by atoms with van der Waals surface area (Å²) < 4.78 is 25.4. The molecule has 0 spiro atoms. The van der Waals surface area contributed by atoms with E-state index in [2.05, 4.69) is 10.6 Å². The van der Waals surface area contributed by atoms with Crippen molar-refractivity contribution in [1.82, 2.24) is 9.62 Å². The summed E-state index contributed by atoms with van der Waals surface area (Å²) in [5.41, 5.74) is 2.56. The smallest absolute Gasteiger partial charge is 0.319 e.